The van der Waals surface area contributed by atoms with Crippen LogP contribution in [0.2, 0.25) is 0 Å². The Morgan fingerprint density at radius 3 is 2.58 bits per heavy atom. The van der Waals surface area contributed by atoms with Crippen molar-refractivity contribution in [2.75, 3.05) is 13.2 Å². The van der Waals surface area contributed by atoms with Crippen molar-refractivity contribution >= 4 is 15.7 Å². The predicted octanol–water partition coefficient (Wildman–Crippen LogP) is 1.05. The first-order valence-corrected chi connectivity index (χ1v) is 7.33. The molecule has 2 rings (SSSR count). The van der Waals surface area contributed by atoms with Crippen LogP contribution in [0.1, 0.15) is 12.8 Å². The molecule has 1 aromatic carbocycles. The van der Waals surface area contributed by atoms with E-state index in [1.165, 1.54) is 24.3 Å². The first kappa shape index (κ1) is 13.9. The molecule has 8 heteroatoms. The summed E-state index contributed by atoms with van der Waals surface area (Å²) in [5.74, 6) is 0. The highest BCUT2D eigenvalue weighted by molar-refractivity contribution is 7.89. The van der Waals surface area contributed by atoms with Crippen molar-refractivity contribution in [3.05, 3.63) is 34.4 Å². The Kier molecular flexibility index (Phi) is 4.13. The summed E-state index contributed by atoms with van der Waals surface area (Å²) in [6, 6.07) is 4.77. The van der Waals surface area contributed by atoms with Gasteiger partial charge in [-0.2, -0.15) is 0 Å². The van der Waals surface area contributed by atoms with Gasteiger partial charge in [-0.05, 0) is 25.0 Å². The van der Waals surface area contributed by atoms with Gasteiger partial charge < -0.3 is 4.74 Å². The van der Waals surface area contributed by atoms with Gasteiger partial charge in [0.1, 0.15) is 0 Å². The molecule has 0 saturated carbocycles. The lowest BCUT2D eigenvalue weighted by molar-refractivity contribution is -0.384. The van der Waals surface area contributed by atoms with E-state index in [2.05, 4.69) is 4.72 Å². The van der Waals surface area contributed by atoms with E-state index in [-0.39, 0.29) is 23.2 Å². The van der Waals surface area contributed by atoms with E-state index in [4.69, 9.17) is 4.74 Å². The van der Waals surface area contributed by atoms with Crippen LogP contribution in [0, 0.1) is 10.1 Å². The van der Waals surface area contributed by atoms with Crippen LogP contribution in [0.3, 0.4) is 0 Å². The van der Waals surface area contributed by atoms with Crippen molar-refractivity contribution < 1.29 is 18.1 Å². The Balaban J connectivity index is 2.03. The topological polar surface area (TPSA) is 98.5 Å². The van der Waals surface area contributed by atoms with Crippen LogP contribution >= 0.6 is 0 Å². The fourth-order valence-electron chi connectivity index (χ4n) is 1.84. The second kappa shape index (κ2) is 5.64. The number of benzene rings is 1. The van der Waals surface area contributed by atoms with E-state index < -0.39 is 14.9 Å². The van der Waals surface area contributed by atoms with Gasteiger partial charge in [0, 0.05) is 25.3 Å². The number of nitrogens with one attached hydrogen (secondary N) is 1. The summed E-state index contributed by atoms with van der Waals surface area (Å²) in [7, 11) is -3.64. The van der Waals surface area contributed by atoms with Gasteiger partial charge in [0.25, 0.3) is 5.69 Å². The van der Waals surface area contributed by atoms with Gasteiger partial charge in [-0.1, -0.05) is 0 Å². The fourth-order valence-corrected chi connectivity index (χ4v) is 2.90. The Morgan fingerprint density at radius 2 is 2.05 bits per heavy atom. The molecule has 104 valence electrons. The van der Waals surface area contributed by atoms with Crippen molar-refractivity contribution in [3.63, 3.8) is 0 Å². The maximum atomic E-state index is 11.9. The summed E-state index contributed by atoms with van der Waals surface area (Å²) in [6.45, 7) is 0.878. The number of nitro benzene ring substituents is 1. The maximum absolute atomic E-state index is 11.9. The average Bonchev–Trinajstić information content (AvgIpc) is 2.90. The third-order valence-electron chi connectivity index (χ3n) is 2.88. The van der Waals surface area contributed by atoms with Gasteiger partial charge in [0.2, 0.25) is 10.0 Å². The molecule has 1 saturated heterocycles. The minimum atomic E-state index is -3.64. The van der Waals surface area contributed by atoms with E-state index >= 15 is 0 Å². The predicted molar refractivity (Wildman–Crippen MR) is 67.3 cm³/mol. The normalized spacial score (nSPS) is 19.5. The highest BCUT2D eigenvalue weighted by atomic mass is 32.2. The lowest BCUT2D eigenvalue weighted by Gasteiger charge is -2.11. The van der Waals surface area contributed by atoms with Gasteiger partial charge in [0.15, 0.2) is 0 Å². The molecule has 0 bridgehead atoms. The molecular weight excluding hydrogens is 272 g/mol. The molecule has 0 spiro atoms. The molecule has 0 amide bonds. The smallest absolute Gasteiger partial charge is 0.269 e. The van der Waals surface area contributed by atoms with Crippen LogP contribution in [0.5, 0.6) is 0 Å². The first-order valence-electron chi connectivity index (χ1n) is 5.85. The van der Waals surface area contributed by atoms with Crippen LogP contribution in [-0.4, -0.2) is 32.6 Å². The first-order chi connectivity index (χ1) is 8.99. The second-order valence-corrected chi connectivity index (χ2v) is 6.00. The number of nitrogens with zero attached hydrogens (tertiary/aromatic N) is 1. The molecule has 0 aromatic heterocycles. The third-order valence-corrected chi connectivity index (χ3v) is 4.32. The molecule has 1 fully saturated rings. The SMILES string of the molecule is O=[N+]([O-])c1ccc(S(=O)(=O)NCC2CCCO2)cc1. The van der Waals surface area contributed by atoms with E-state index in [9.17, 15) is 18.5 Å². The van der Waals surface area contributed by atoms with Gasteiger partial charge in [0.05, 0.1) is 15.9 Å². The van der Waals surface area contributed by atoms with Gasteiger partial charge >= 0.3 is 0 Å². The molecule has 1 atom stereocenters. The average molecular weight is 286 g/mol. The molecule has 19 heavy (non-hydrogen) atoms. The molecule has 1 aliphatic rings. The van der Waals surface area contributed by atoms with E-state index in [1.54, 1.807) is 0 Å². The molecule has 1 aromatic rings. The summed E-state index contributed by atoms with van der Waals surface area (Å²) < 4.78 is 31.6. The van der Waals surface area contributed by atoms with Crippen LogP contribution < -0.4 is 4.72 Å². The zero-order valence-corrected chi connectivity index (χ0v) is 10.9. The monoisotopic (exact) mass is 286 g/mol. The number of hydrogen-bond acceptors (Lipinski definition) is 5. The molecule has 7 nitrogen and oxygen atoms in total. The van der Waals surface area contributed by atoms with Crippen molar-refractivity contribution in [1.82, 2.24) is 4.72 Å². The number of hydrogen-bond donors (Lipinski definition) is 1. The quantitative estimate of drug-likeness (QED) is 0.644. The lowest BCUT2D eigenvalue weighted by atomic mass is 10.2. The van der Waals surface area contributed by atoms with Gasteiger partial charge in [-0.15, -0.1) is 0 Å². The Bertz CT molecular complexity index is 549. The number of non-ortho nitro benzene ring substituents is 1. The molecule has 1 N–H and O–H groups in total. The van der Waals surface area contributed by atoms with Crippen molar-refractivity contribution in [2.24, 2.45) is 0 Å². The Morgan fingerprint density at radius 1 is 1.37 bits per heavy atom. The van der Waals surface area contributed by atoms with Gasteiger partial charge in [-0.25, -0.2) is 13.1 Å². The summed E-state index contributed by atoms with van der Waals surface area (Å²) in [6.07, 6.45) is 1.68. The van der Waals surface area contributed by atoms with Crippen LogP contribution in [0.4, 0.5) is 5.69 Å². The molecular formula is C11H14N2O5S. The van der Waals surface area contributed by atoms with Crippen molar-refractivity contribution in [3.8, 4) is 0 Å². The third kappa shape index (κ3) is 3.49. The highest BCUT2D eigenvalue weighted by Crippen LogP contribution is 2.16. The van der Waals surface area contributed by atoms with Crippen molar-refractivity contribution in [2.45, 2.75) is 23.8 Å². The Hall–Kier alpha value is -1.51. The lowest BCUT2D eigenvalue weighted by Crippen LogP contribution is -2.31. The minimum absolute atomic E-state index is 0.0103. The van der Waals surface area contributed by atoms with E-state index in [1.807, 2.05) is 0 Å². The summed E-state index contributed by atoms with van der Waals surface area (Å²) in [5.41, 5.74) is -0.141. The Labute approximate surface area is 110 Å². The van der Waals surface area contributed by atoms with Gasteiger partial charge in [-0.3, -0.25) is 10.1 Å². The molecule has 0 aliphatic carbocycles. The van der Waals surface area contributed by atoms with Crippen LogP contribution in [0.15, 0.2) is 29.2 Å². The number of nitro groups is 1. The maximum Gasteiger partial charge on any atom is 0.269 e. The van der Waals surface area contributed by atoms with Crippen LogP contribution in [-0.2, 0) is 14.8 Å². The number of rotatable bonds is 5. The molecule has 1 heterocycles. The molecule has 1 aliphatic heterocycles. The summed E-state index contributed by atoms with van der Waals surface area (Å²) in [5, 5.41) is 10.5. The van der Waals surface area contributed by atoms with Crippen molar-refractivity contribution in [1.29, 1.82) is 0 Å². The minimum Gasteiger partial charge on any atom is -0.377 e. The summed E-state index contributed by atoms with van der Waals surface area (Å²) in [4.78, 5) is 9.92. The number of sulfonamides is 1. The second-order valence-electron chi connectivity index (χ2n) is 4.24. The number of ether oxygens (including phenoxy) is 1. The van der Waals surface area contributed by atoms with E-state index in [0.717, 1.165) is 12.8 Å². The zero-order chi connectivity index (χ0) is 13.9. The highest BCUT2D eigenvalue weighted by Gasteiger charge is 2.20. The fraction of sp³-hybridized carbons (Fsp3) is 0.455. The summed E-state index contributed by atoms with van der Waals surface area (Å²) >= 11 is 0. The van der Waals surface area contributed by atoms with E-state index in [0.29, 0.717) is 6.61 Å². The standard InChI is InChI=1S/C11H14N2O5S/c14-13(15)9-3-5-11(6-4-9)19(16,17)12-8-10-2-1-7-18-10/h3-6,10,12H,1-2,7-8H2. The van der Waals surface area contributed by atoms with Crippen LogP contribution in [0.25, 0.3) is 0 Å². The largest absolute Gasteiger partial charge is 0.377 e. The molecule has 1 unspecified atom stereocenters. The molecule has 0 radical (unpaired) electrons. The zero-order valence-electron chi connectivity index (χ0n) is 10.1.